The second-order valence-electron chi connectivity index (χ2n) is 7.01. The van der Waals surface area contributed by atoms with Crippen molar-refractivity contribution in [2.24, 2.45) is 5.73 Å². The van der Waals surface area contributed by atoms with Crippen LogP contribution in [-0.2, 0) is 6.42 Å². The van der Waals surface area contributed by atoms with Crippen LogP contribution in [0.15, 0.2) is 60.7 Å². The van der Waals surface area contributed by atoms with Crippen LogP contribution < -0.4 is 21.7 Å². The van der Waals surface area contributed by atoms with Gasteiger partial charge in [-0.2, -0.15) is 0 Å². The van der Waals surface area contributed by atoms with Crippen molar-refractivity contribution in [2.75, 3.05) is 11.9 Å². The average Bonchev–Trinajstić information content (AvgIpc) is 2.61. The molecule has 1 unspecified atom stereocenters. The molecule has 0 aliphatic heterocycles. The van der Waals surface area contributed by atoms with Crippen LogP contribution in [-0.4, -0.2) is 30.7 Å². The number of hydrogen-bond donors (Lipinski definition) is 4. The Morgan fingerprint density at radius 3 is 2.35 bits per heavy atom. The van der Waals surface area contributed by atoms with Gasteiger partial charge in [-0.3, -0.25) is 0 Å². The summed E-state index contributed by atoms with van der Waals surface area (Å²) in [6.07, 6.45) is 3.51. The Morgan fingerprint density at radius 2 is 1.65 bits per heavy atom. The van der Waals surface area contributed by atoms with Gasteiger partial charge in [0.25, 0.3) is 0 Å². The highest BCUT2D eigenvalue weighted by Crippen LogP contribution is 2.24. The molecule has 1 atom stereocenters. The Labute approximate surface area is 155 Å². The molecule has 1 aliphatic rings. The standard InChI is InChI=1S/C21H28N4O/c22-17(13-16-7-3-1-4-8-16)11-12-23-21(26)25-20-14-19(15-20)24-18-9-5-2-6-10-18/h1-10,17,19-20,24H,11-15,22H2,(H2,23,25,26). The van der Waals surface area contributed by atoms with E-state index in [-0.39, 0.29) is 18.1 Å². The van der Waals surface area contributed by atoms with Gasteiger partial charge in [0, 0.05) is 30.4 Å². The van der Waals surface area contributed by atoms with E-state index in [0.717, 1.165) is 31.4 Å². The number of nitrogens with one attached hydrogen (secondary N) is 3. The first-order chi connectivity index (χ1) is 12.7. The third-order valence-electron chi connectivity index (χ3n) is 4.76. The first-order valence-electron chi connectivity index (χ1n) is 9.34. The van der Waals surface area contributed by atoms with Gasteiger partial charge >= 0.3 is 6.03 Å². The highest BCUT2D eigenvalue weighted by molar-refractivity contribution is 5.74. The SMILES string of the molecule is NC(CCNC(=O)NC1CC(Nc2ccccc2)C1)Cc1ccccc1. The minimum absolute atomic E-state index is 0.0563. The summed E-state index contributed by atoms with van der Waals surface area (Å²) < 4.78 is 0. The van der Waals surface area contributed by atoms with Gasteiger partial charge < -0.3 is 21.7 Å². The lowest BCUT2D eigenvalue weighted by Gasteiger charge is -2.36. The van der Waals surface area contributed by atoms with Gasteiger partial charge in [0.2, 0.25) is 0 Å². The first kappa shape index (κ1) is 18.3. The smallest absolute Gasteiger partial charge is 0.315 e. The van der Waals surface area contributed by atoms with Crippen LogP contribution in [0, 0.1) is 0 Å². The summed E-state index contributed by atoms with van der Waals surface area (Å²) in [5.41, 5.74) is 8.51. The molecule has 5 N–H and O–H groups in total. The zero-order chi connectivity index (χ0) is 18.2. The summed E-state index contributed by atoms with van der Waals surface area (Å²) in [5, 5.41) is 9.41. The molecular formula is C21H28N4O. The van der Waals surface area contributed by atoms with Crippen LogP contribution in [0.5, 0.6) is 0 Å². The molecule has 0 heterocycles. The third kappa shape index (κ3) is 5.77. The molecule has 1 saturated carbocycles. The van der Waals surface area contributed by atoms with E-state index < -0.39 is 0 Å². The van der Waals surface area contributed by atoms with Crippen molar-refractivity contribution in [2.45, 2.75) is 43.8 Å². The van der Waals surface area contributed by atoms with Crippen molar-refractivity contribution in [3.63, 3.8) is 0 Å². The van der Waals surface area contributed by atoms with Gasteiger partial charge in [0.05, 0.1) is 0 Å². The number of urea groups is 1. The normalized spacial score (nSPS) is 19.9. The molecule has 3 rings (SSSR count). The van der Waals surface area contributed by atoms with Crippen molar-refractivity contribution in [1.29, 1.82) is 0 Å². The van der Waals surface area contributed by atoms with E-state index in [4.69, 9.17) is 5.73 Å². The molecule has 138 valence electrons. The summed E-state index contributed by atoms with van der Waals surface area (Å²) in [6, 6.07) is 21.0. The molecule has 2 aromatic rings. The number of nitrogens with two attached hydrogens (primary N) is 1. The number of benzene rings is 2. The lowest BCUT2D eigenvalue weighted by molar-refractivity contribution is 0.225. The largest absolute Gasteiger partial charge is 0.382 e. The number of anilines is 1. The first-order valence-corrected chi connectivity index (χ1v) is 9.34. The fourth-order valence-electron chi connectivity index (χ4n) is 3.25. The number of carbonyl (C=O) groups is 1. The Morgan fingerprint density at radius 1 is 1.00 bits per heavy atom. The lowest BCUT2D eigenvalue weighted by Crippen LogP contribution is -2.52. The third-order valence-corrected chi connectivity index (χ3v) is 4.76. The second kappa shape index (κ2) is 9.25. The van der Waals surface area contributed by atoms with E-state index in [0.29, 0.717) is 12.6 Å². The maximum atomic E-state index is 12.0. The van der Waals surface area contributed by atoms with Gasteiger partial charge in [0.1, 0.15) is 0 Å². The summed E-state index contributed by atoms with van der Waals surface area (Å²) >= 11 is 0. The topological polar surface area (TPSA) is 79.2 Å². The van der Waals surface area contributed by atoms with Gasteiger partial charge in [-0.25, -0.2) is 4.79 Å². The molecule has 5 heteroatoms. The minimum Gasteiger partial charge on any atom is -0.382 e. The van der Waals surface area contributed by atoms with Crippen molar-refractivity contribution >= 4 is 11.7 Å². The fourth-order valence-corrected chi connectivity index (χ4v) is 3.25. The lowest BCUT2D eigenvalue weighted by atomic mass is 9.86. The second-order valence-corrected chi connectivity index (χ2v) is 7.01. The molecule has 1 fully saturated rings. The Hall–Kier alpha value is -2.53. The number of para-hydroxylation sites is 1. The van der Waals surface area contributed by atoms with E-state index in [2.05, 4.69) is 40.2 Å². The molecule has 2 aromatic carbocycles. The van der Waals surface area contributed by atoms with Crippen molar-refractivity contribution in [1.82, 2.24) is 10.6 Å². The monoisotopic (exact) mass is 352 g/mol. The van der Waals surface area contributed by atoms with Crippen LogP contribution in [0.25, 0.3) is 0 Å². The van der Waals surface area contributed by atoms with Crippen LogP contribution in [0.2, 0.25) is 0 Å². The average molecular weight is 352 g/mol. The van der Waals surface area contributed by atoms with Crippen LogP contribution in [0.1, 0.15) is 24.8 Å². The predicted octanol–water partition coefficient (Wildman–Crippen LogP) is 2.89. The molecule has 0 saturated heterocycles. The van der Waals surface area contributed by atoms with Crippen molar-refractivity contribution in [3.8, 4) is 0 Å². The summed E-state index contributed by atoms with van der Waals surface area (Å²) in [6.45, 7) is 0.595. The number of carbonyl (C=O) groups excluding carboxylic acids is 1. The molecule has 2 amide bonds. The zero-order valence-electron chi connectivity index (χ0n) is 15.0. The van der Waals surface area contributed by atoms with Gasteiger partial charge in [0.15, 0.2) is 0 Å². The Kier molecular flexibility index (Phi) is 6.50. The molecule has 0 aromatic heterocycles. The van der Waals surface area contributed by atoms with Crippen LogP contribution in [0.4, 0.5) is 10.5 Å². The summed E-state index contributed by atoms with van der Waals surface area (Å²) in [7, 11) is 0. The highest BCUT2D eigenvalue weighted by Gasteiger charge is 2.30. The summed E-state index contributed by atoms with van der Waals surface area (Å²) in [4.78, 5) is 12.0. The number of rotatable bonds is 8. The minimum atomic E-state index is -0.0972. The molecule has 0 spiro atoms. The number of amides is 2. The molecule has 5 nitrogen and oxygen atoms in total. The Balaban J connectivity index is 1.26. The summed E-state index contributed by atoms with van der Waals surface area (Å²) in [5.74, 6) is 0. The van der Waals surface area contributed by atoms with E-state index in [9.17, 15) is 4.79 Å². The molecule has 0 radical (unpaired) electrons. The van der Waals surface area contributed by atoms with Gasteiger partial charge in [-0.05, 0) is 43.4 Å². The maximum Gasteiger partial charge on any atom is 0.315 e. The molecule has 0 bridgehead atoms. The van der Waals surface area contributed by atoms with E-state index in [1.165, 1.54) is 5.56 Å². The van der Waals surface area contributed by atoms with Gasteiger partial charge in [-0.1, -0.05) is 48.5 Å². The van der Waals surface area contributed by atoms with E-state index >= 15 is 0 Å². The molecule has 26 heavy (non-hydrogen) atoms. The maximum absolute atomic E-state index is 12.0. The van der Waals surface area contributed by atoms with E-state index in [1.807, 2.05) is 36.4 Å². The zero-order valence-corrected chi connectivity index (χ0v) is 15.0. The van der Waals surface area contributed by atoms with Crippen LogP contribution in [0.3, 0.4) is 0 Å². The Bertz CT molecular complexity index is 671. The van der Waals surface area contributed by atoms with Crippen molar-refractivity contribution < 1.29 is 4.79 Å². The van der Waals surface area contributed by atoms with Crippen molar-refractivity contribution in [3.05, 3.63) is 66.2 Å². The highest BCUT2D eigenvalue weighted by atomic mass is 16.2. The predicted molar refractivity (Wildman–Crippen MR) is 106 cm³/mol. The van der Waals surface area contributed by atoms with Gasteiger partial charge in [-0.15, -0.1) is 0 Å². The number of hydrogen-bond acceptors (Lipinski definition) is 3. The quantitative estimate of drug-likeness (QED) is 0.590. The van der Waals surface area contributed by atoms with Crippen LogP contribution >= 0.6 is 0 Å². The fraction of sp³-hybridized carbons (Fsp3) is 0.381. The molecular weight excluding hydrogens is 324 g/mol. The van der Waals surface area contributed by atoms with E-state index in [1.54, 1.807) is 0 Å². The molecule has 1 aliphatic carbocycles.